The van der Waals surface area contributed by atoms with Crippen molar-refractivity contribution in [2.45, 2.75) is 6.61 Å². The van der Waals surface area contributed by atoms with Crippen LogP contribution in [0.4, 0.5) is 0 Å². The van der Waals surface area contributed by atoms with Crippen LogP contribution in [-0.2, 0) is 11.3 Å². The molecule has 0 saturated carbocycles. The molecule has 0 aliphatic carbocycles. The van der Waals surface area contributed by atoms with Gasteiger partial charge in [-0.1, -0.05) is 30.3 Å². The predicted octanol–water partition coefficient (Wildman–Crippen LogP) is 1.56. The molecule has 1 rings (SSSR count). The standard InChI is InChI=1S/C8H11NO2.ClH/c10-9-7-11-6-8-4-2-1-3-5-8;/h1-5,9-10H,6-7H2;1H. The van der Waals surface area contributed by atoms with Crippen molar-refractivity contribution < 1.29 is 9.94 Å². The molecule has 0 amide bonds. The van der Waals surface area contributed by atoms with E-state index in [-0.39, 0.29) is 19.1 Å². The van der Waals surface area contributed by atoms with Crippen LogP contribution in [0.1, 0.15) is 5.56 Å². The van der Waals surface area contributed by atoms with Crippen LogP contribution < -0.4 is 5.48 Å². The second-order valence-electron chi connectivity index (χ2n) is 2.14. The molecule has 0 atom stereocenters. The van der Waals surface area contributed by atoms with E-state index in [1.807, 2.05) is 35.8 Å². The van der Waals surface area contributed by atoms with E-state index in [2.05, 4.69) is 0 Å². The van der Waals surface area contributed by atoms with E-state index in [9.17, 15) is 0 Å². The predicted molar refractivity (Wildman–Crippen MR) is 48.3 cm³/mol. The third-order valence-electron chi connectivity index (χ3n) is 1.28. The summed E-state index contributed by atoms with van der Waals surface area (Å²) in [6.45, 7) is 0.684. The molecular weight excluding hydrogens is 178 g/mol. The van der Waals surface area contributed by atoms with E-state index < -0.39 is 0 Å². The zero-order valence-electron chi connectivity index (χ0n) is 6.56. The van der Waals surface area contributed by atoms with E-state index in [1.165, 1.54) is 0 Å². The van der Waals surface area contributed by atoms with Crippen LogP contribution in [0.25, 0.3) is 0 Å². The SMILES string of the molecule is Cl.ONCOCc1ccccc1. The summed E-state index contributed by atoms with van der Waals surface area (Å²) >= 11 is 0. The first-order valence-corrected chi connectivity index (χ1v) is 3.42. The molecule has 3 nitrogen and oxygen atoms in total. The first kappa shape index (κ1) is 11.4. The Balaban J connectivity index is 0.00000121. The molecule has 1 aromatic carbocycles. The van der Waals surface area contributed by atoms with Gasteiger partial charge in [0, 0.05) is 0 Å². The Kier molecular flexibility index (Phi) is 6.70. The number of hydrogen-bond donors (Lipinski definition) is 2. The lowest BCUT2D eigenvalue weighted by molar-refractivity contribution is 0.0153. The lowest BCUT2D eigenvalue weighted by Crippen LogP contribution is -2.11. The summed E-state index contributed by atoms with van der Waals surface area (Å²) in [6.07, 6.45) is 0. The summed E-state index contributed by atoms with van der Waals surface area (Å²) in [6, 6.07) is 9.79. The molecule has 68 valence electrons. The van der Waals surface area contributed by atoms with Gasteiger partial charge in [-0.15, -0.1) is 12.4 Å². The van der Waals surface area contributed by atoms with Gasteiger partial charge in [0.2, 0.25) is 0 Å². The summed E-state index contributed by atoms with van der Waals surface area (Å²) in [5.74, 6) is 0. The summed E-state index contributed by atoms with van der Waals surface area (Å²) < 4.78 is 5.01. The second kappa shape index (κ2) is 7.06. The highest BCUT2D eigenvalue weighted by molar-refractivity contribution is 5.85. The number of nitrogens with one attached hydrogen (secondary N) is 1. The Morgan fingerprint density at radius 2 is 1.92 bits per heavy atom. The van der Waals surface area contributed by atoms with Crippen molar-refractivity contribution in [3.8, 4) is 0 Å². The summed E-state index contributed by atoms with van der Waals surface area (Å²) in [5, 5.41) is 8.17. The fraction of sp³-hybridized carbons (Fsp3) is 0.250. The van der Waals surface area contributed by atoms with E-state index in [0.29, 0.717) is 6.61 Å². The van der Waals surface area contributed by atoms with Gasteiger partial charge in [0.25, 0.3) is 0 Å². The van der Waals surface area contributed by atoms with Gasteiger partial charge in [0.15, 0.2) is 0 Å². The maximum atomic E-state index is 8.17. The molecular formula is C8H12ClNO2. The maximum absolute atomic E-state index is 8.17. The second-order valence-corrected chi connectivity index (χ2v) is 2.14. The number of rotatable bonds is 4. The van der Waals surface area contributed by atoms with E-state index in [0.717, 1.165) is 5.56 Å². The van der Waals surface area contributed by atoms with Gasteiger partial charge in [-0.3, -0.25) is 0 Å². The molecule has 0 unspecified atom stereocenters. The molecule has 0 fully saturated rings. The fourth-order valence-electron chi connectivity index (χ4n) is 0.789. The zero-order chi connectivity index (χ0) is 7.94. The molecule has 0 heterocycles. The molecule has 0 radical (unpaired) electrons. The highest BCUT2D eigenvalue weighted by Gasteiger charge is 1.88. The van der Waals surface area contributed by atoms with Gasteiger partial charge in [-0.05, 0) is 5.56 Å². The minimum atomic E-state index is 0. The molecule has 12 heavy (non-hydrogen) atoms. The van der Waals surface area contributed by atoms with E-state index in [4.69, 9.17) is 9.94 Å². The number of halogens is 1. The Hall–Kier alpha value is -0.610. The Morgan fingerprint density at radius 1 is 1.25 bits per heavy atom. The maximum Gasteiger partial charge on any atom is 0.119 e. The van der Waals surface area contributed by atoms with Crippen LogP contribution in [0.5, 0.6) is 0 Å². The third-order valence-corrected chi connectivity index (χ3v) is 1.28. The number of ether oxygens (including phenoxy) is 1. The third kappa shape index (κ3) is 4.31. The van der Waals surface area contributed by atoms with E-state index in [1.54, 1.807) is 0 Å². The molecule has 0 aliphatic heterocycles. The lowest BCUT2D eigenvalue weighted by Gasteiger charge is -2.01. The number of hydroxylamine groups is 1. The molecule has 0 aromatic heterocycles. The quantitative estimate of drug-likeness (QED) is 0.429. The molecule has 1 aromatic rings. The number of hydrogen-bond acceptors (Lipinski definition) is 3. The molecule has 0 bridgehead atoms. The Labute approximate surface area is 77.7 Å². The van der Waals surface area contributed by atoms with Crippen molar-refractivity contribution in [3.05, 3.63) is 35.9 Å². The van der Waals surface area contributed by atoms with Gasteiger partial charge >= 0.3 is 0 Å². The fourth-order valence-corrected chi connectivity index (χ4v) is 0.789. The first-order chi connectivity index (χ1) is 5.43. The van der Waals surface area contributed by atoms with Gasteiger partial charge in [0.1, 0.15) is 6.73 Å². The molecule has 2 N–H and O–H groups in total. The van der Waals surface area contributed by atoms with Crippen LogP contribution in [0, 0.1) is 0 Å². The van der Waals surface area contributed by atoms with Crippen molar-refractivity contribution in [3.63, 3.8) is 0 Å². The van der Waals surface area contributed by atoms with Crippen molar-refractivity contribution in [1.29, 1.82) is 0 Å². The monoisotopic (exact) mass is 189 g/mol. The van der Waals surface area contributed by atoms with Crippen LogP contribution in [-0.4, -0.2) is 11.9 Å². The zero-order valence-corrected chi connectivity index (χ0v) is 7.38. The molecule has 0 spiro atoms. The first-order valence-electron chi connectivity index (χ1n) is 3.42. The smallest absolute Gasteiger partial charge is 0.119 e. The van der Waals surface area contributed by atoms with Crippen molar-refractivity contribution in [2.24, 2.45) is 0 Å². The molecule has 4 heteroatoms. The van der Waals surface area contributed by atoms with Crippen LogP contribution in [0.3, 0.4) is 0 Å². The summed E-state index contributed by atoms with van der Waals surface area (Å²) in [5.41, 5.74) is 3.02. The normalized spacial score (nSPS) is 9.08. The van der Waals surface area contributed by atoms with Crippen molar-refractivity contribution in [1.82, 2.24) is 5.48 Å². The average molecular weight is 190 g/mol. The minimum Gasteiger partial charge on any atom is -0.360 e. The average Bonchev–Trinajstić information content (AvgIpc) is 2.07. The minimum absolute atomic E-state index is 0. The van der Waals surface area contributed by atoms with Gasteiger partial charge in [-0.25, -0.2) is 0 Å². The highest BCUT2D eigenvalue weighted by atomic mass is 35.5. The van der Waals surface area contributed by atoms with Crippen LogP contribution >= 0.6 is 12.4 Å². The van der Waals surface area contributed by atoms with Gasteiger partial charge in [0.05, 0.1) is 6.61 Å². The lowest BCUT2D eigenvalue weighted by atomic mass is 10.2. The molecule has 0 saturated heterocycles. The summed E-state index contributed by atoms with van der Waals surface area (Å²) in [4.78, 5) is 0. The van der Waals surface area contributed by atoms with Crippen molar-refractivity contribution in [2.75, 3.05) is 6.73 Å². The summed E-state index contributed by atoms with van der Waals surface area (Å²) in [7, 11) is 0. The largest absolute Gasteiger partial charge is 0.360 e. The molecule has 0 aliphatic rings. The van der Waals surface area contributed by atoms with Crippen LogP contribution in [0.2, 0.25) is 0 Å². The topological polar surface area (TPSA) is 41.5 Å². The van der Waals surface area contributed by atoms with Gasteiger partial charge in [-0.2, -0.15) is 5.48 Å². The number of benzene rings is 1. The Morgan fingerprint density at radius 3 is 2.50 bits per heavy atom. The van der Waals surface area contributed by atoms with Crippen molar-refractivity contribution >= 4 is 12.4 Å². The van der Waals surface area contributed by atoms with E-state index >= 15 is 0 Å². The van der Waals surface area contributed by atoms with Crippen LogP contribution in [0.15, 0.2) is 30.3 Å². The van der Waals surface area contributed by atoms with Gasteiger partial charge < -0.3 is 9.94 Å². The Bertz CT molecular complexity index is 194. The highest BCUT2D eigenvalue weighted by Crippen LogP contribution is 1.98.